The third kappa shape index (κ3) is 5.14. The summed E-state index contributed by atoms with van der Waals surface area (Å²) in [6, 6.07) is 0. The van der Waals surface area contributed by atoms with Crippen LogP contribution in [-0.4, -0.2) is 85.6 Å². The van der Waals surface area contributed by atoms with Gasteiger partial charge in [0.2, 0.25) is 12.1 Å². The van der Waals surface area contributed by atoms with E-state index in [1.807, 2.05) is 0 Å². The van der Waals surface area contributed by atoms with E-state index in [0.29, 0.717) is 23.5 Å². The first kappa shape index (κ1) is 24.6. The molecule has 1 fully saturated rings. The first-order valence-electron chi connectivity index (χ1n) is 9.35. The topological polar surface area (TPSA) is 142 Å². The largest absolute Gasteiger partial charge is 0.477 e. The van der Waals surface area contributed by atoms with Gasteiger partial charge in [-0.3, -0.25) is 20.2 Å². The number of nitrogens with two attached hydrogens (primary N) is 1. The van der Waals surface area contributed by atoms with Crippen LogP contribution in [0.4, 0.5) is 0 Å². The lowest BCUT2D eigenvalue weighted by Crippen LogP contribution is -2.83. The fourth-order valence-corrected chi connectivity index (χ4v) is 6.04. The van der Waals surface area contributed by atoms with E-state index in [2.05, 4.69) is 41.2 Å². The predicted molar refractivity (Wildman–Crippen MR) is 118 cm³/mol. The number of rotatable bonds is 9. The summed E-state index contributed by atoms with van der Waals surface area (Å²) in [5, 5.41) is 18.7. The molecule has 2 aliphatic rings. The maximum absolute atomic E-state index is 12.2. The van der Waals surface area contributed by atoms with Gasteiger partial charge in [-0.25, -0.2) is 4.79 Å². The van der Waals surface area contributed by atoms with E-state index >= 15 is 0 Å². The molecule has 10 nitrogen and oxygen atoms in total. The van der Waals surface area contributed by atoms with E-state index in [4.69, 9.17) is 5.73 Å². The lowest BCUT2D eigenvalue weighted by molar-refractivity contribution is -0.157. The summed E-state index contributed by atoms with van der Waals surface area (Å²) in [7, 11) is 0. The molecule has 0 aliphatic carbocycles. The minimum atomic E-state index is -1.55. The summed E-state index contributed by atoms with van der Waals surface area (Å²) in [6.45, 7) is 10.1. The molecule has 1 saturated heterocycles. The van der Waals surface area contributed by atoms with Gasteiger partial charge in [-0.1, -0.05) is 43.9 Å². The molecule has 1 aromatic rings. The van der Waals surface area contributed by atoms with Crippen molar-refractivity contribution in [1.82, 2.24) is 25.3 Å². The van der Waals surface area contributed by atoms with E-state index < -0.39 is 22.9 Å². The van der Waals surface area contributed by atoms with Gasteiger partial charge in [0.25, 0.3) is 5.91 Å². The molecule has 3 heterocycles. The number of fused-ring (bicyclic) bond motifs is 1. The van der Waals surface area contributed by atoms with Crippen molar-refractivity contribution in [3.63, 3.8) is 0 Å². The number of hydrogen-bond donors (Lipinski definition) is 3. The van der Waals surface area contributed by atoms with Crippen LogP contribution in [0.1, 0.15) is 20.8 Å². The molecule has 166 valence electrons. The average molecular weight is 475 g/mol. The predicted octanol–water partition coefficient (Wildman–Crippen LogP) is 0.633. The SMILES string of the molecule is CCN(CC)CC.N[C@]1(NC=O)C(=O)N2C(C(=O)O)=C(CSc3nncs3)CS[C@@H]21. The minimum Gasteiger partial charge on any atom is -0.477 e. The van der Waals surface area contributed by atoms with E-state index in [0.717, 1.165) is 9.24 Å². The molecule has 30 heavy (non-hydrogen) atoms. The first-order chi connectivity index (χ1) is 14.3. The van der Waals surface area contributed by atoms with Crippen LogP contribution in [0, 0.1) is 0 Å². The number of carbonyl (C=O) groups excluding carboxylic acids is 2. The van der Waals surface area contributed by atoms with E-state index in [-0.39, 0.29) is 5.70 Å². The number of carboxylic acid groups (broad SMARTS) is 1. The zero-order valence-corrected chi connectivity index (χ0v) is 19.5. The molecule has 3 rings (SSSR count). The number of amides is 2. The molecule has 2 amide bonds. The Bertz CT molecular complexity index is 781. The molecule has 0 radical (unpaired) electrons. The van der Waals surface area contributed by atoms with E-state index in [9.17, 15) is 19.5 Å². The quantitative estimate of drug-likeness (QED) is 0.202. The van der Waals surface area contributed by atoms with Crippen LogP contribution >= 0.6 is 34.9 Å². The van der Waals surface area contributed by atoms with Crippen LogP contribution in [0.15, 0.2) is 21.1 Å². The van der Waals surface area contributed by atoms with Crippen LogP contribution in [-0.2, 0) is 14.4 Å². The van der Waals surface area contributed by atoms with Crippen LogP contribution < -0.4 is 11.1 Å². The van der Waals surface area contributed by atoms with Gasteiger partial charge in [0, 0.05) is 11.5 Å². The van der Waals surface area contributed by atoms with Crippen molar-refractivity contribution in [1.29, 1.82) is 0 Å². The summed E-state index contributed by atoms with van der Waals surface area (Å²) >= 11 is 4.04. The highest BCUT2D eigenvalue weighted by Gasteiger charge is 2.62. The van der Waals surface area contributed by atoms with Gasteiger partial charge < -0.3 is 15.3 Å². The molecule has 2 aliphatic heterocycles. The Morgan fingerprint density at radius 2 is 2.13 bits per heavy atom. The molecular formula is C17H26N6O4S3. The first-order valence-corrected chi connectivity index (χ1v) is 12.3. The minimum absolute atomic E-state index is 0.0652. The van der Waals surface area contributed by atoms with Crippen molar-refractivity contribution in [2.75, 3.05) is 31.1 Å². The van der Waals surface area contributed by atoms with Gasteiger partial charge in [-0.05, 0) is 25.2 Å². The normalized spacial score (nSPS) is 22.8. The number of hydrogen-bond acceptors (Lipinski definition) is 10. The monoisotopic (exact) mass is 474 g/mol. The third-order valence-electron chi connectivity index (χ3n) is 4.74. The summed E-state index contributed by atoms with van der Waals surface area (Å²) in [5.41, 5.74) is 6.46. The molecule has 2 atom stereocenters. The molecule has 1 aromatic heterocycles. The molecular weight excluding hydrogens is 448 g/mol. The standard InChI is InChI=1S/C11H11N5O4S3.C6H15N/c12-11(13-3-17)8(20)16-6(7(18)19)5(1-21-9(11)16)2-22-10-15-14-4-23-10;1-4-7(5-2)6-3/h3-4,9H,1-2,12H2,(H,13,17)(H,18,19);4-6H2,1-3H3/t9-,11+;/m1./s1. The van der Waals surface area contributed by atoms with Crippen molar-refractivity contribution < 1.29 is 19.5 Å². The highest BCUT2D eigenvalue weighted by molar-refractivity contribution is 8.01. The zero-order chi connectivity index (χ0) is 22.3. The third-order valence-corrected chi connectivity index (χ3v) is 8.10. The Morgan fingerprint density at radius 3 is 2.60 bits per heavy atom. The average Bonchev–Trinajstić information content (AvgIpc) is 3.26. The lowest BCUT2D eigenvalue weighted by atomic mass is 9.97. The Hall–Kier alpha value is -1.67. The molecule has 0 spiro atoms. The molecule has 0 aromatic carbocycles. The van der Waals surface area contributed by atoms with Crippen LogP contribution in [0.3, 0.4) is 0 Å². The molecule has 0 bridgehead atoms. The van der Waals surface area contributed by atoms with E-state index in [1.54, 1.807) is 5.51 Å². The number of nitrogens with one attached hydrogen (secondary N) is 1. The Kier molecular flexibility index (Phi) is 9.09. The Balaban J connectivity index is 0.000000396. The number of aliphatic carboxylic acids is 1. The number of nitrogens with zero attached hydrogens (tertiary/aromatic N) is 4. The van der Waals surface area contributed by atoms with Gasteiger partial charge in [-0.2, -0.15) is 0 Å². The summed E-state index contributed by atoms with van der Waals surface area (Å²) in [5.74, 6) is -1.03. The second-order valence-corrected chi connectivity index (χ2v) is 9.46. The van der Waals surface area contributed by atoms with Gasteiger partial charge in [0.05, 0.1) is 0 Å². The van der Waals surface area contributed by atoms with E-state index in [1.165, 1.54) is 54.5 Å². The Labute approximate surface area is 187 Å². The molecule has 13 heteroatoms. The van der Waals surface area contributed by atoms with Gasteiger partial charge in [0.15, 0.2) is 4.34 Å². The summed E-state index contributed by atoms with van der Waals surface area (Å²) < 4.78 is 0.722. The number of thioether (sulfide) groups is 2. The second kappa shape index (κ2) is 11.1. The van der Waals surface area contributed by atoms with Gasteiger partial charge in [-0.15, -0.1) is 22.0 Å². The number of carboxylic acids is 1. The second-order valence-electron chi connectivity index (χ2n) is 6.34. The van der Waals surface area contributed by atoms with Crippen molar-refractivity contribution >= 4 is 53.1 Å². The summed E-state index contributed by atoms with van der Waals surface area (Å²) in [6.07, 6.45) is 0.348. The van der Waals surface area contributed by atoms with Crippen LogP contribution in [0.2, 0.25) is 0 Å². The van der Waals surface area contributed by atoms with Crippen LogP contribution in [0.25, 0.3) is 0 Å². The fourth-order valence-electron chi connectivity index (χ4n) is 3.03. The van der Waals surface area contributed by atoms with Gasteiger partial charge >= 0.3 is 5.97 Å². The Morgan fingerprint density at radius 1 is 1.47 bits per heavy atom. The highest BCUT2D eigenvalue weighted by atomic mass is 32.2. The van der Waals surface area contributed by atoms with Crippen molar-refractivity contribution in [3.8, 4) is 0 Å². The summed E-state index contributed by atoms with van der Waals surface area (Å²) in [4.78, 5) is 38.0. The molecule has 0 saturated carbocycles. The van der Waals surface area contributed by atoms with Crippen LogP contribution in [0.5, 0.6) is 0 Å². The lowest BCUT2D eigenvalue weighted by Gasteiger charge is -2.54. The van der Waals surface area contributed by atoms with Gasteiger partial charge in [0.1, 0.15) is 16.6 Å². The smallest absolute Gasteiger partial charge is 0.352 e. The number of β-lactam (4-membered cyclic amide) rings is 1. The fraction of sp³-hybridized carbons (Fsp3) is 0.588. The zero-order valence-electron chi connectivity index (χ0n) is 17.0. The van der Waals surface area contributed by atoms with Crippen molar-refractivity contribution in [2.24, 2.45) is 5.73 Å². The maximum atomic E-state index is 12.2. The highest BCUT2D eigenvalue weighted by Crippen LogP contribution is 2.44. The van der Waals surface area contributed by atoms with Crippen molar-refractivity contribution in [3.05, 3.63) is 16.8 Å². The number of aromatic nitrogens is 2. The molecule has 0 unspecified atom stereocenters. The maximum Gasteiger partial charge on any atom is 0.352 e. The number of carbonyl (C=O) groups is 3. The van der Waals surface area contributed by atoms with Crippen molar-refractivity contribution in [2.45, 2.75) is 36.1 Å². The molecule has 4 N–H and O–H groups in total.